The van der Waals surface area contributed by atoms with E-state index >= 15 is 0 Å². The Labute approximate surface area is 165 Å². The van der Waals surface area contributed by atoms with Gasteiger partial charge in [-0.2, -0.15) is 0 Å². The van der Waals surface area contributed by atoms with E-state index in [4.69, 9.17) is 21.1 Å². The SMILES string of the molecule is COc1cc2c(cc1OC)[C@@H](c1cccc(Cl)c1)N(C(=O)C=C(C)C)CC2. The number of amides is 1. The molecule has 1 heterocycles. The summed E-state index contributed by atoms with van der Waals surface area (Å²) in [5.74, 6) is 1.35. The zero-order valence-electron chi connectivity index (χ0n) is 16.1. The highest BCUT2D eigenvalue weighted by atomic mass is 35.5. The van der Waals surface area contributed by atoms with Gasteiger partial charge in [-0.1, -0.05) is 29.3 Å². The van der Waals surface area contributed by atoms with Gasteiger partial charge >= 0.3 is 0 Å². The normalized spacial score (nSPS) is 15.7. The summed E-state index contributed by atoms with van der Waals surface area (Å²) in [7, 11) is 3.25. The summed E-state index contributed by atoms with van der Waals surface area (Å²) in [5, 5.41) is 0.648. The van der Waals surface area contributed by atoms with Crippen molar-refractivity contribution in [1.82, 2.24) is 4.90 Å². The molecule has 0 spiro atoms. The fraction of sp³-hybridized carbons (Fsp3) is 0.318. The molecule has 5 heteroatoms. The summed E-state index contributed by atoms with van der Waals surface area (Å²) >= 11 is 6.25. The van der Waals surface area contributed by atoms with Crippen molar-refractivity contribution in [2.75, 3.05) is 20.8 Å². The first kappa shape index (κ1) is 19.3. The molecule has 2 aromatic rings. The van der Waals surface area contributed by atoms with Gasteiger partial charge in [-0.3, -0.25) is 4.79 Å². The molecule has 1 atom stereocenters. The molecule has 0 radical (unpaired) electrons. The van der Waals surface area contributed by atoms with Crippen LogP contribution in [0.3, 0.4) is 0 Å². The highest BCUT2D eigenvalue weighted by Crippen LogP contribution is 2.41. The number of hydrogen-bond donors (Lipinski definition) is 0. The average Bonchev–Trinajstić information content (AvgIpc) is 2.65. The number of fused-ring (bicyclic) bond motifs is 1. The molecule has 4 nitrogen and oxygen atoms in total. The Balaban J connectivity index is 2.17. The van der Waals surface area contributed by atoms with Crippen molar-refractivity contribution in [3.63, 3.8) is 0 Å². The van der Waals surface area contributed by atoms with Gasteiger partial charge in [0.2, 0.25) is 5.91 Å². The summed E-state index contributed by atoms with van der Waals surface area (Å²) in [4.78, 5) is 14.8. The number of nitrogens with zero attached hydrogens (tertiary/aromatic N) is 1. The van der Waals surface area contributed by atoms with Crippen molar-refractivity contribution in [2.24, 2.45) is 0 Å². The number of ether oxygens (including phenoxy) is 2. The van der Waals surface area contributed by atoms with Gasteiger partial charge < -0.3 is 14.4 Å². The number of carbonyl (C=O) groups is 1. The third-order valence-corrected chi connectivity index (χ3v) is 4.97. The van der Waals surface area contributed by atoms with Crippen LogP contribution in [0.2, 0.25) is 5.02 Å². The number of hydrogen-bond acceptors (Lipinski definition) is 3. The van der Waals surface area contributed by atoms with Crippen molar-refractivity contribution >= 4 is 17.5 Å². The van der Waals surface area contributed by atoms with Crippen molar-refractivity contribution in [3.8, 4) is 11.5 Å². The van der Waals surface area contributed by atoms with E-state index in [9.17, 15) is 4.79 Å². The van der Waals surface area contributed by atoms with Crippen LogP contribution in [-0.4, -0.2) is 31.6 Å². The lowest BCUT2D eigenvalue weighted by atomic mass is 9.87. The maximum Gasteiger partial charge on any atom is 0.247 e. The van der Waals surface area contributed by atoms with Crippen LogP contribution in [0.15, 0.2) is 48.0 Å². The van der Waals surface area contributed by atoms with Gasteiger partial charge in [0, 0.05) is 17.6 Å². The lowest BCUT2D eigenvalue weighted by molar-refractivity contribution is -0.128. The van der Waals surface area contributed by atoms with Crippen LogP contribution >= 0.6 is 11.6 Å². The van der Waals surface area contributed by atoms with Crippen LogP contribution < -0.4 is 9.47 Å². The Morgan fingerprint density at radius 3 is 2.48 bits per heavy atom. The maximum atomic E-state index is 12.9. The zero-order valence-corrected chi connectivity index (χ0v) is 16.8. The van der Waals surface area contributed by atoms with E-state index in [1.165, 1.54) is 0 Å². The highest BCUT2D eigenvalue weighted by molar-refractivity contribution is 6.30. The molecule has 27 heavy (non-hydrogen) atoms. The smallest absolute Gasteiger partial charge is 0.247 e. The Kier molecular flexibility index (Phi) is 5.76. The van der Waals surface area contributed by atoms with E-state index in [0.717, 1.165) is 28.7 Å². The number of halogens is 1. The van der Waals surface area contributed by atoms with E-state index in [2.05, 4.69) is 0 Å². The Morgan fingerprint density at radius 1 is 1.15 bits per heavy atom. The fourth-order valence-corrected chi connectivity index (χ4v) is 3.75. The molecule has 1 aliphatic rings. The predicted octanol–water partition coefficient (Wildman–Crippen LogP) is 4.80. The third kappa shape index (κ3) is 3.96. The molecule has 0 saturated heterocycles. The van der Waals surface area contributed by atoms with E-state index in [0.29, 0.717) is 23.1 Å². The molecule has 2 aromatic carbocycles. The largest absolute Gasteiger partial charge is 0.493 e. The van der Waals surface area contributed by atoms with Gasteiger partial charge in [-0.05, 0) is 61.2 Å². The number of methoxy groups -OCH3 is 2. The third-order valence-electron chi connectivity index (χ3n) is 4.73. The molecule has 0 bridgehead atoms. The molecule has 0 aliphatic carbocycles. The lowest BCUT2D eigenvalue weighted by Gasteiger charge is -2.38. The van der Waals surface area contributed by atoms with Gasteiger partial charge in [0.25, 0.3) is 0 Å². The van der Waals surface area contributed by atoms with Gasteiger partial charge in [0.05, 0.1) is 20.3 Å². The topological polar surface area (TPSA) is 38.8 Å². The Bertz CT molecular complexity index is 887. The van der Waals surface area contributed by atoms with Crippen LogP contribution in [0.5, 0.6) is 11.5 Å². The molecule has 0 unspecified atom stereocenters. The second kappa shape index (κ2) is 8.05. The molecule has 1 aliphatic heterocycles. The first-order valence-electron chi connectivity index (χ1n) is 8.90. The summed E-state index contributed by atoms with van der Waals surface area (Å²) in [5.41, 5.74) is 4.14. The molecular formula is C22H24ClNO3. The summed E-state index contributed by atoms with van der Waals surface area (Å²) in [6, 6.07) is 11.4. The standard InChI is InChI=1S/C22H24ClNO3/c1-14(2)10-21(25)24-9-8-15-12-19(26-3)20(27-4)13-18(15)22(24)16-6-5-7-17(23)11-16/h5-7,10-13,22H,8-9H2,1-4H3/t22-/m1/s1. The minimum absolute atomic E-state index is 0.000380. The second-order valence-electron chi connectivity index (χ2n) is 6.87. The van der Waals surface area contributed by atoms with Crippen molar-refractivity contribution in [2.45, 2.75) is 26.3 Å². The van der Waals surface area contributed by atoms with Crippen molar-refractivity contribution < 1.29 is 14.3 Å². The minimum Gasteiger partial charge on any atom is -0.493 e. The summed E-state index contributed by atoms with van der Waals surface area (Å²) < 4.78 is 11.0. The van der Waals surface area contributed by atoms with Crippen LogP contribution in [0, 0.1) is 0 Å². The number of carbonyl (C=O) groups excluding carboxylic acids is 1. The number of benzene rings is 2. The quantitative estimate of drug-likeness (QED) is 0.710. The first-order chi connectivity index (χ1) is 12.9. The van der Waals surface area contributed by atoms with E-state index < -0.39 is 0 Å². The molecule has 0 saturated carbocycles. The maximum absolute atomic E-state index is 12.9. The second-order valence-corrected chi connectivity index (χ2v) is 7.30. The fourth-order valence-electron chi connectivity index (χ4n) is 3.55. The molecular weight excluding hydrogens is 362 g/mol. The number of allylic oxidation sites excluding steroid dienone is 1. The van der Waals surface area contributed by atoms with E-state index in [1.54, 1.807) is 20.3 Å². The molecule has 1 amide bonds. The molecule has 0 N–H and O–H groups in total. The summed E-state index contributed by atoms with van der Waals surface area (Å²) in [6.07, 6.45) is 2.44. The molecule has 142 valence electrons. The zero-order chi connectivity index (χ0) is 19.6. The van der Waals surface area contributed by atoms with E-state index in [1.807, 2.05) is 55.1 Å². The average molecular weight is 386 g/mol. The molecule has 0 aromatic heterocycles. The number of rotatable bonds is 4. The van der Waals surface area contributed by atoms with Gasteiger partial charge in [0.15, 0.2) is 11.5 Å². The highest BCUT2D eigenvalue weighted by Gasteiger charge is 2.32. The van der Waals surface area contributed by atoms with Crippen LogP contribution in [0.4, 0.5) is 0 Å². The van der Waals surface area contributed by atoms with Gasteiger partial charge in [0.1, 0.15) is 0 Å². The van der Waals surface area contributed by atoms with Crippen molar-refractivity contribution in [3.05, 3.63) is 69.8 Å². The predicted molar refractivity (Wildman–Crippen MR) is 108 cm³/mol. The van der Waals surface area contributed by atoms with Crippen LogP contribution in [0.1, 0.15) is 36.6 Å². The van der Waals surface area contributed by atoms with Crippen molar-refractivity contribution in [1.29, 1.82) is 0 Å². The lowest BCUT2D eigenvalue weighted by Crippen LogP contribution is -2.40. The first-order valence-corrected chi connectivity index (χ1v) is 9.28. The van der Waals surface area contributed by atoms with Crippen LogP contribution in [-0.2, 0) is 11.2 Å². The summed E-state index contributed by atoms with van der Waals surface area (Å²) in [6.45, 7) is 4.48. The van der Waals surface area contributed by atoms with Crippen LogP contribution in [0.25, 0.3) is 0 Å². The monoisotopic (exact) mass is 385 g/mol. The molecule has 3 rings (SSSR count). The minimum atomic E-state index is -0.227. The Morgan fingerprint density at radius 2 is 1.85 bits per heavy atom. The van der Waals surface area contributed by atoms with Gasteiger partial charge in [-0.25, -0.2) is 0 Å². The molecule has 0 fully saturated rings. The van der Waals surface area contributed by atoms with Gasteiger partial charge in [-0.15, -0.1) is 0 Å². The Hall–Kier alpha value is -2.46. The van der Waals surface area contributed by atoms with E-state index in [-0.39, 0.29) is 11.9 Å².